The Bertz CT molecular complexity index is 793. The van der Waals surface area contributed by atoms with Crippen LogP contribution in [0.15, 0.2) is 42.1 Å². The van der Waals surface area contributed by atoms with Gasteiger partial charge in [-0.3, -0.25) is 9.78 Å². The van der Waals surface area contributed by atoms with E-state index in [2.05, 4.69) is 25.8 Å². The van der Waals surface area contributed by atoms with Crippen LogP contribution in [0.5, 0.6) is 0 Å². The maximum atomic E-state index is 12.5. The third kappa shape index (κ3) is 3.47. The van der Waals surface area contributed by atoms with E-state index in [-0.39, 0.29) is 5.91 Å². The van der Waals surface area contributed by atoms with Crippen LogP contribution in [-0.2, 0) is 16.2 Å². The van der Waals surface area contributed by atoms with Gasteiger partial charge in [-0.2, -0.15) is 0 Å². The minimum Gasteiger partial charge on any atom is -0.382 e. The summed E-state index contributed by atoms with van der Waals surface area (Å²) < 4.78 is 2.19. The van der Waals surface area contributed by atoms with Crippen molar-refractivity contribution in [3.05, 3.63) is 48.3 Å². The zero-order valence-electron chi connectivity index (χ0n) is 14.9. The molecule has 1 fully saturated rings. The average Bonchev–Trinajstić information content (AvgIpc) is 3.31. The van der Waals surface area contributed by atoms with Gasteiger partial charge in [0.1, 0.15) is 5.82 Å². The summed E-state index contributed by atoms with van der Waals surface area (Å²) in [5.74, 6) is 1.52. The monoisotopic (exact) mass is 353 g/mol. The second-order valence-corrected chi connectivity index (χ2v) is 7.00. The summed E-state index contributed by atoms with van der Waals surface area (Å²) in [6, 6.07) is 4.02. The van der Waals surface area contributed by atoms with Gasteiger partial charge >= 0.3 is 0 Å². The van der Waals surface area contributed by atoms with Crippen molar-refractivity contribution in [3.8, 4) is 0 Å². The first-order valence-corrected chi connectivity index (χ1v) is 9.08. The van der Waals surface area contributed by atoms with Crippen LogP contribution in [-0.4, -0.2) is 50.2 Å². The maximum absolute atomic E-state index is 12.5. The molecule has 0 aromatic carbocycles. The number of hydrogen-bond donors (Lipinski definition) is 0. The Kier molecular flexibility index (Phi) is 4.69. The molecule has 4 heterocycles. The largest absolute Gasteiger partial charge is 0.382 e. The lowest BCUT2D eigenvalue weighted by Gasteiger charge is -2.32. The number of imidazole rings is 1. The molecule has 2 aliphatic heterocycles. The fraction of sp³-hybridized carbons (Fsp3) is 0.474. The molecule has 2 aromatic heterocycles. The zero-order valence-corrected chi connectivity index (χ0v) is 14.9. The number of nitrogens with zero attached hydrogens (tertiary/aromatic N) is 5. The molecule has 0 bridgehead atoms. The molecule has 0 aliphatic carbocycles. The predicted molar refractivity (Wildman–Crippen MR) is 96.7 cm³/mol. The third-order valence-corrected chi connectivity index (χ3v) is 5.09. The van der Waals surface area contributed by atoms with Gasteiger partial charge < -0.3 is 14.3 Å². The normalized spacial score (nSPS) is 20.7. The molecule has 1 amide bonds. The Hall–Kier alpha value is -2.70. The SMILES string of the molecule is CC1=NO[C@@H](C(=O)N2CCC(c3nccn3Cc3cccnc3)CC2)C1. The van der Waals surface area contributed by atoms with E-state index < -0.39 is 6.10 Å². The summed E-state index contributed by atoms with van der Waals surface area (Å²) in [5.41, 5.74) is 2.05. The molecule has 7 heteroatoms. The molecule has 2 aliphatic rings. The minimum atomic E-state index is -0.431. The lowest BCUT2D eigenvalue weighted by Crippen LogP contribution is -2.43. The molecule has 0 spiro atoms. The first-order chi connectivity index (χ1) is 12.7. The number of hydrogen-bond acceptors (Lipinski definition) is 5. The van der Waals surface area contributed by atoms with Crippen molar-refractivity contribution in [1.82, 2.24) is 19.4 Å². The van der Waals surface area contributed by atoms with Gasteiger partial charge in [0.15, 0.2) is 0 Å². The van der Waals surface area contributed by atoms with E-state index in [1.165, 1.54) is 0 Å². The molecule has 7 nitrogen and oxygen atoms in total. The first-order valence-electron chi connectivity index (χ1n) is 9.08. The summed E-state index contributed by atoms with van der Waals surface area (Å²) >= 11 is 0. The number of pyridine rings is 1. The lowest BCUT2D eigenvalue weighted by atomic mass is 9.95. The molecule has 2 aromatic rings. The molecule has 0 radical (unpaired) electrons. The van der Waals surface area contributed by atoms with Crippen molar-refractivity contribution in [2.45, 2.75) is 44.8 Å². The molecule has 0 saturated carbocycles. The average molecular weight is 353 g/mol. The van der Waals surface area contributed by atoms with E-state index in [0.29, 0.717) is 12.3 Å². The van der Waals surface area contributed by atoms with E-state index in [1.54, 1.807) is 6.20 Å². The quantitative estimate of drug-likeness (QED) is 0.845. The molecular weight excluding hydrogens is 330 g/mol. The fourth-order valence-corrected chi connectivity index (χ4v) is 3.69. The van der Waals surface area contributed by atoms with Gasteiger partial charge in [0.25, 0.3) is 5.91 Å². The van der Waals surface area contributed by atoms with Crippen LogP contribution in [0.4, 0.5) is 0 Å². The molecule has 136 valence electrons. The van der Waals surface area contributed by atoms with Gasteiger partial charge in [-0.1, -0.05) is 11.2 Å². The van der Waals surface area contributed by atoms with Crippen LogP contribution in [0.2, 0.25) is 0 Å². The van der Waals surface area contributed by atoms with Crippen LogP contribution >= 0.6 is 0 Å². The van der Waals surface area contributed by atoms with Crippen LogP contribution < -0.4 is 0 Å². The highest BCUT2D eigenvalue weighted by Gasteiger charge is 2.33. The van der Waals surface area contributed by atoms with E-state index in [4.69, 9.17) is 4.84 Å². The summed E-state index contributed by atoms with van der Waals surface area (Å²) in [6.45, 7) is 4.14. The third-order valence-electron chi connectivity index (χ3n) is 5.09. The number of rotatable bonds is 4. The lowest BCUT2D eigenvalue weighted by molar-refractivity contribution is -0.143. The smallest absolute Gasteiger partial charge is 0.266 e. The van der Waals surface area contributed by atoms with E-state index >= 15 is 0 Å². The van der Waals surface area contributed by atoms with Crippen molar-refractivity contribution in [1.29, 1.82) is 0 Å². The van der Waals surface area contributed by atoms with Crippen LogP contribution in [0.1, 0.15) is 43.5 Å². The number of aromatic nitrogens is 3. The maximum Gasteiger partial charge on any atom is 0.266 e. The second-order valence-electron chi connectivity index (χ2n) is 7.00. The van der Waals surface area contributed by atoms with Gasteiger partial charge in [-0.15, -0.1) is 0 Å². The number of amides is 1. The van der Waals surface area contributed by atoms with E-state index in [0.717, 1.165) is 49.6 Å². The fourth-order valence-electron chi connectivity index (χ4n) is 3.69. The van der Waals surface area contributed by atoms with Crippen LogP contribution in [0.25, 0.3) is 0 Å². The number of piperidine rings is 1. The Morgan fingerprint density at radius 3 is 2.85 bits per heavy atom. The highest BCUT2D eigenvalue weighted by Crippen LogP contribution is 2.28. The number of likely N-dealkylation sites (tertiary alicyclic amines) is 1. The molecule has 0 N–H and O–H groups in total. The minimum absolute atomic E-state index is 0.0581. The number of carbonyl (C=O) groups excluding carboxylic acids is 1. The summed E-state index contributed by atoms with van der Waals surface area (Å²) in [7, 11) is 0. The van der Waals surface area contributed by atoms with E-state index in [9.17, 15) is 4.79 Å². The molecule has 4 rings (SSSR count). The molecule has 0 unspecified atom stereocenters. The van der Waals surface area contributed by atoms with E-state index in [1.807, 2.05) is 36.5 Å². The van der Waals surface area contributed by atoms with Gasteiger partial charge in [-0.05, 0) is 31.4 Å². The highest BCUT2D eigenvalue weighted by molar-refractivity contribution is 5.91. The zero-order chi connectivity index (χ0) is 17.9. The Labute approximate surface area is 152 Å². The topological polar surface area (TPSA) is 72.6 Å². The first kappa shape index (κ1) is 16.8. The van der Waals surface area contributed by atoms with Gasteiger partial charge in [0.05, 0.1) is 12.3 Å². The molecular formula is C19H23N5O2. The van der Waals surface area contributed by atoms with Crippen molar-refractivity contribution in [3.63, 3.8) is 0 Å². The Balaban J connectivity index is 1.37. The Morgan fingerprint density at radius 1 is 1.31 bits per heavy atom. The molecule has 26 heavy (non-hydrogen) atoms. The van der Waals surface area contributed by atoms with Gasteiger partial charge in [0.2, 0.25) is 6.10 Å². The number of oxime groups is 1. The molecule has 1 atom stereocenters. The molecule has 1 saturated heterocycles. The van der Waals surface area contributed by atoms with Crippen molar-refractivity contribution >= 4 is 11.6 Å². The summed E-state index contributed by atoms with van der Waals surface area (Å²) in [6.07, 6.45) is 9.56. The van der Waals surface area contributed by atoms with Crippen molar-refractivity contribution < 1.29 is 9.63 Å². The van der Waals surface area contributed by atoms with Gasteiger partial charge in [-0.25, -0.2) is 4.98 Å². The van der Waals surface area contributed by atoms with Crippen molar-refractivity contribution in [2.75, 3.05) is 13.1 Å². The Morgan fingerprint density at radius 2 is 2.15 bits per heavy atom. The second kappa shape index (κ2) is 7.27. The number of carbonyl (C=O) groups is 1. The standard InChI is InChI=1S/C19H23N5O2/c1-14-11-17(26-22-14)19(25)23-8-4-16(5-9-23)18-21-7-10-24(18)13-15-3-2-6-20-12-15/h2-3,6-7,10,12,16-17H,4-5,8-9,11,13H2,1H3/t17-/m1/s1. The summed E-state index contributed by atoms with van der Waals surface area (Å²) in [5, 5.41) is 3.89. The van der Waals surface area contributed by atoms with Crippen molar-refractivity contribution in [2.24, 2.45) is 5.16 Å². The highest BCUT2D eigenvalue weighted by atomic mass is 16.6. The summed E-state index contributed by atoms with van der Waals surface area (Å²) in [4.78, 5) is 28.5. The predicted octanol–water partition coefficient (Wildman–Crippen LogP) is 2.20. The van der Waals surface area contributed by atoms with Crippen LogP contribution in [0, 0.1) is 0 Å². The van der Waals surface area contributed by atoms with Gasteiger partial charge in [0, 0.05) is 50.2 Å². The van der Waals surface area contributed by atoms with Crippen LogP contribution in [0.3, 0.4) is 0 Å².